The molecule has 0 spiro atoms. The van der Waals surface area contributed by atoms with E-state index < -0.39 is 0 Å². The lowest BCUT2D eigenvalue weighted by atomic mass is 10.2. The average molecular weight is 269 g/mol. The second-order valence-corrected chi connectivity index (χ2v) is 4.37. The normalized spacial score (nSPS) is 10.7. The summed E-state index contributed by atoms with van der Waals surface area (Å²) in [7, 11) is 0. The quantitative estimate of drug-likeness (QED) is 0.486. The van der Waals surface area contributed by atoms with Gasteiger partial charge in [-0.25, -0.2) is 0 Å². The summed E-state index contributed by atoms with van der Waals surface area (Å²) in [6.07, 6.45) is 3.34. The number of aldehydes is 1. The molecule has 0 fully saturated rings. The molecule has 0 saturated carbocycles. The fourth-order valence-corrected chi connectivity index (χ4v) is 1.94. The molecule has 4 heteroatoms. The van der Waals surface area contributed by atoms with Crippen molar-refractivity contribution in [1.29, 1.82) is 0 Å². The van der Waals surface area contributed by atoms with Gasteiger partial charge in [0.2, 0.25) is 0 Å². The van der Waals surface area contributed by atoms with Crippen LogP contribution in [0.1, 0.15) is 26.5 Å². The molecule has 1 heterocycles. The fourth-order valence-electron chi connectivity index (χ4n) is 1.94. The van der Waals surface area contributed by atoms with Crippen molar-refractivity contribution >= 4 is 12.2 Å². The van der Waals surface area contributed by atoms with Gasteiger partial charge in [-0.2, -0.15) is 0 Å². The molecule has 1 aromatic carbocycles. The standard InChI is InChI=1S/C16H15NO3/c1-12-7-8-13(2)17(12)16(19)9-10-20-15-6-4-3-5-14(15)11-18/h3-11H,1-2H3/b10-9+. The molecule has 0 amide bonds. The first kappa shape index (κ1) is 13.8. The van der Waals surface area contributed by atoms with Crippen LogP contribution in [-0.2, 0) is 0 Å². The Morgan fingerprint density at radius 2 is 1.75 bits per heavy atom. The lowest BCUT2D eigenvalue weighted by Crippen LogP contribution is -2.10. The molecule has 0 aliphatic heterocycles. The molecule has 0 unspecified atom stereocenters. The summed E-state index contributed by atoms with van der Waals surface area (Å²) in [5.41, 5.74) is 2.17. The second kappa shape index (κ2) is 6.02. The summed E-state index contributed by atoms with van der Waals surface area (Å²) in [4.78, 5) is 22.8. The molecule has 0 radical (unpaired) electrons. The molecular formula is C16H15NO3. The number of hydrogen-bond donors (Lipinski definition) is 0. The number of carbonyl (C=O) groups excluding carboxylic acids is 2. The Balaban J connectivity index is 2.11. The van der Waals surface area contributed by atoms with Crippen LogP contribution >= 0.6 is 0 Å². The Morgan fingerprint density at radius 1 is 1.10 bits per heavy atom. The highest BCUT2D eigenvalue weighted by atomic mass is 16.5. The monoisotopic (exact) mass is 269 g/mol. The van der Waals surface area contributed by atoms with Gasteiger partial charge in [0.25, 0.3) is 5.91 Å². The first-order valence-corrected chi connectivity index (χ1v) is 6.20. The molecule has 0 aliphatic carbocycles. The zero-order valence-corrected chi connectivity index (χ0v) is 11.4. The molecule has 0 aliphatic rings. The van der Waals surface area contributed by atoms with Crippen molar-refractivity contribution in [1.82, 2.24) is 4.57 Å². The van der Waals surface area contributed by atoms with Crippen molar-refractivity contribution in [2.75, 3.05) is 0 Å². The molecule has 4 nitrogen and oxygen atoms in total. The topological polar surface area (TPSA) is 48.3 Å². The highest BCUT2D eigenvalue weighted by Crippen LogP contribution is 2.16. The molecule has 102 valence electrons. The van der Waals surface area contributed by atoms with Crippen LogP contribution in [0.4, 0.5) is 0 Å². The van der Waals surface area contributed by atoms with Crippen LogP contribution in [0.25, 0.3) is 0 Å². The average Bonchev–Trinajstić information content (AvgIpc) is 2.78. The number of aryl methyl sites for hydroxylation is 2. The van der Waals surface area contributed by atoms with Crippen molar-refractivity contribution in [3.05, 3.63) is 65.7 Å². The van der Waals surface area contributed by atoms with Crippen LogP contribution in [-0.4, -0.2) is 16.8 Å². The number of aromatic nitrogens is 1. The summed E-state index contributed by atoms with van der Waals surface area (Å²) in [5, 5.41) is 0. The molecule has 1 aromatic heterocycles. The zero-order chi connectivity index (χ0) is 14.5. The molecular weight excluding hydrogens is 254 g/mol. The molecule has 2 aromatic rings. The highest BCUT2D eigenvalue weighted by Gasteiger charge is 2.07. The van der Waals surface area contributed by atoms with E-state index in [-0.39, 0.29) is 5.91 Å². The number of allylic oxidation sites excluding steroid dienone is 1. The van der Waals surface area contributed by atoms with Crippen molar-refractivity contribution in [3.63, 3.8) is 0 Å². The van der Waals surface area contributed by atoms with E-state index in [1.807, 2.05) is 26.0 Å². The maximum Gasteiger partial charge on any atom is 0.258 e. The van der Waals surface area contributed by atoms with Gasteiger partial charge in [-0.1, -0.05) is 12.1 Å². The summed E-state index contributed by atoms with van der Waals surface area (Å²) in [5.74, 6) is 0.237. The minimum atomic E-state index is -0.186. The molecule has 0 bridgehead atoms. The predicted molar refractivity (Wildman–Crippen MR) is 76.1 cm³/mol. The van der Waals surface area contributed by atoms with E-state index in [0.29, 0.717) is 17.6 Å². The van der Waals surface area contributed by atoms with E-state index in [4.69, 9.17) is 4.74 Å². The predicted octanol–water partition coefficient (Wildman–Crippen LogP) is 3.15. The van der Waals surface area contributed by atoms with Crippen LogP contribution in [0.3, 0.4) is 0 Å². The first-order chi connectivity index (χ1) is 9.63. The van der Waals surface area contributed by atoms with Gasteiger partial charge in [0.15, 0.2) is 6.29 Å². The van der Waals surface area contributed by atoms with E-state index in [9.17, 15) is 9.59 Å². The molecule has 0 atom stereocenters. The third kappa shape index (κ3) is 2.85. The van der Waals surface area contributed by atoms with Gasteiger partial charge in [0.1, 0.15) is 5.75 Å². The summed E-state index contributed by atoms with van der Waals surface area (Å²) < 4.78 is 6.92. The van der Waals surface area contributed by atoms with Gasteiger partial charge < -0.3 is 4.74 Å². The number of nitrogens with zero attached hydrogens (tertiary/aromatic N) is 1. The van der Waals surface area contributed by atoms with Crippen LogP contribution < -0.4 is 4.74 Å². The Hall–Kier alpha value is -2.62. The van der Waals surface area contributed by atoms with Gasteiger partial charge in [-0.3, -0.25) is 14.2 Å². The third-order valence-electron chi connectivity index (χ3n) is 2.94. The minimum Gasteiger partial charge on any atom is -0.464 e. The summed E-state index contributed by atoms with van der Waals surface area (Å²) >= 11 is 0. The Kier molecular flexibility index (Phi) is 4.15. The fraction of sp³-hybridized carbons (Fsp3) is 0.125. The van der Waals surface area contributed by atoms with Gasteiger partial charge in [0, 0.05) is 17.5 Å². The van der Waals surface area contributed by atoms with Crippen LogP contribution in [0.15, 0.2) is 48.7 Å². The van der Waals surface area contributed by atoms with Gasteiger partial charge in [0.05, 0.1) is 11.8 Å². The lowest BCUT2D eigenvalue weighted by molar-refractivity contribution is 0.0963. The number of hydrogen-bond acceptors (Lipinski definition) is 3. The number of carbonyl (C=O) groups is 2. The Bertz CT molecular complexity index is 649. The molecule has 0 saturated heterocycles. The Morgan fingerprint density at radius 3 is 2.40 bits per heavy atom. The van der Waals surface area contributed by atoms with E-state index in [1.165, 1.54) is 12.3 Å². The summed E-state index contributed by atoms with van der Waals surface area (Å²) in [6, 6.07) is 10.6. The minimum absolute atomic E-state index is 0.186. The number of rotatable bonds is 4. The summed E-state index contributed by atoms with van der Waals surface area (Å²) in [6.45, 7) is 3.72. The van der Waals surface area contributed by atoms with Crippen molar-refractivity contribution in [2.24, 2.45) is 0 Å². The van der Waals surface area contributed by atoms with Gasteiger partial charge in [-0.15, -0.1) is 0 Å². The van der Waals surface area contributed by atoms with Crippen molar-refractivity contribution in [2.45, 2.75) is 13.8 Å². The van der Waals surface area contributed by atoms with Crippen LogP contribution in [0, 0.1) is 13.8 Å². The van der Waals surface area contributed by atoms with E-state index >= 15 is 0 Å². The van der Waals surface area contributed by atoms with E-state index in [2.05, 4.69) is 0 Å². The highest BCUT2D eigenvalue weighted by molar-refractivity contribution is 5.91. The Labute approximate surface area is 117 Å². The van der Waals surface area contributed by atoms with Crippen molar-refractivity contribution < 1.29 is 14.3 Å². The van der Waals surface area contributed by atoms with Crippen LogP contribution in [0.2, 0.25) is 0 Å². The number of ether oxygens (including phenoxy) is 1. The zero-order valence-electron chi connectivity index (χ0n) is 11.4. The molecule has 0 N–H and O–H groups in total. The maximum atomic E-state index is 12.0. The number of para-hydroxylation sites is 1. The molecule has 2 rings (SSSR count). The smallest absolute Gasteiger partial charge is 0.258 e. The van der Waals surface area contributed by atoms with Crippen LogP contribution in [0.5, 0.6) is 5.75 Å². The second-order valence-electron chi connectivity index (χ2n) is 4.37. The van der Waals surface area contributed by atoms with E-state index in [0.717, 1.165) is 11.4 Å². The lowest BCUT2D eigenvalue weighted by Gasteiger charge is -2.05. The largest absolute Gasteiger partial charge is 0.464 e. The number of benzene rings is 1. The third-order valence-corrected chi connectivity index (χ3v) is 2.94. The van der Waals surface area contributed by atoms with Gasteiger partial charge in [-0.05, 0) is 38.1 Å². The maximum absolute atomic E-state index is 12.0. The van der Waals surface area contributed by atoms with Gasteiger partial charge >= 0.3 is 0 Å². The SMILES string of the molecule is Cc1ccc(C)n1C(=O)/C=C/Oc1ccccc1C=O. The van der Waals surface area contributed by atoms with E-state index in [1.54, 1.807) is 28.8 Å². The van der Waals surface area contributed by atoms with Crippen molar-refractivity contribution in [3.8, 4) is 5.75 Å². The first-order valence-electron chi connectivity index (χ1n) is 6.20. The molecule has 20 heavy (non-hydrogen) atoms.